The van der Waals surface area contributed by atoms with Crippen LogP contribution < -0.4 is 4.72 Å². The smallest absolute Gasteiger partial charge is 0.338 e. The molecule has 0 bridgehead atoms. The number of carbonyl (C=O) groups is 1. The van der Waals surface area contributed by atoms with Crippen molar-refractivity contribution in [1.29, 1.82) is 0 Å². The number of sulfonamides is 1. The lowest BCUT2D eigenvalue weighted by atomic mass is 10.0. The summed E-state index contributed by atoms with van der Waals surface area (Å²) in [6.07, 6.45) is 0.103. The molecule has 118 valence electrons. The highest BCUT2D eigenvalue weighted by Gasteiger charge is 2.33. The van der Waals surface area contributed by atoms with Crippen LogP contribution in [0.2, 0.25) is 0 Å². The standard InChI is InChI=1S/C12H16FNO6S/c1-2-12(6-15,7-16)14-21(19,20)8-3-4-10(13)9(5-8)11(17)18/h3-5,14-16H,2,6-7H2,1H3,(H,17,18). The molecule has 0 fully saturated rings. The lowest BCUT2D eigenvalue weighted by Crippen LogP contribution is -2.53. The molecule has 0 aliphatic heterocycles. The quantitative estimate of drug-likeness (QED) is 0.557. The molecule has 0 radical (unpaired) electrons. The van der Waals surface area contributed by atoms with Gasteiger partial charge in [0, 0.05) is 0 Å². The summed E-state index contributed by atoms with van der Waals surface area (Å²) in [5.41, 5.74) is -2.26. The minimum absolute atomic E-state index is 0.103. The highest BCUT2D eigenvalue weighted by Crippen LogP contribution is 2.19. The van der Waals surface area contributed by atoms with Gasteiger partial charge in [0.15, 0.2) is 0 Å². The highest BCUT2D eigenvalue weighted by atomic mass is 32.2. The minimum Gasteiger partial charge on any atom is -0.478 e. The second-order valence-electron chi connectivity index (χ2n) is 4.50. The predicted octanol–water partition coefficient (Wildman–Crippen LogP) is -0.0644. The number of benzene rings is 1. The van der Waals surface area contributed by atoms with Crippen LogP contribution in [0.3, 0.4) is 0 Å². The van der Waals surface area contributed by atoms with Gasteiger partial charge in [-0.25, -0.2) is 22.3 Å². The van der Waals surface area contributed by atoms with Crippen molar-refractivity contribution in [2.45, 2.75) is 23.8 Å². The zero-order valence-electron chi connectivity index (χ0n) is 11.2. The molecule has 1 aromatic rings. The SMILES string of the molecule is CCC(CO)(CO)NS(=O)(=O)c1ccc(F)c(C(=O)O)c1. The molecule has 1 aromatic carbocycles. The Kier molecular flexibility index (Phi) is 5.40. The molecule has 4 N–H and O–H groups in total. The van der Waals surface area contributed by atoms with Crippen molar-refractivity contribution in [1.82, 2.24) is 4.72 Å². The fraction of sp³-hybridized carbons (Fsp3) is 0.417. The number of rotatable bonds is 7. The Morgan fingerprint density at radius 3 is 2.33 bits per heavy atom. The normalized spacial score (nSPS) is 12.4. The van der Waals surface area contributed by atoms with Gasteiger partial charge in [0.25, 0.3) is 0 Å². The molecule has 0 spiro atoms. The van der Waals surface area contributed by atoms with E-state index in [1.807, 2.05) is 0 Å². The van der Waals surface area contributed by atoms with Gasteiger partial charge in [-0.05, 0) is 24.6 Å². The van der Waals surface area contributed by atoms with Crippen molar-refractivity contribution in [2.24, 2.45) is 0 Å². The first-order valence-electron chi connectivity index (χ1n) is 6.00. The van der Waals surface area contributed by atoms with Crippen LogP contribution in [0.4, 0.5) is 4.39 Å². The van der Waals surface area contributed by atoms with Crippen molar-refractivity contribution in [3.63, 3.8) is 0 Å². The molecular weight excluding hydrogens is 305 g/mol. The van der Waals surface area contributed by atoms with E-state index in [1.54, 1.807) is 6.92 Å². The number of aliphatic hydroxyl groups excluding tert-OH is 2. The number of hydrogen-bond donors (Lipinski definition) is 4. The maximum absolute atomic E-state index is 13.3. The third-order valence-electron chi connectivity index (χ3n) is 3.11. The molecule has 0 aliphatic carbocycles. The van der Waals surface area contributed by atoms with E-state index in [4.69, 9.17) is 5.11 Å². The van der Waals surface area contributed by atoms with Gasteiger partial charge in [0.1, 0.15) is 5.82 Å². The summed E-state index contributed by atoms with van der Waals surface area (Å²) in [4.78, 5) is 10.3. The third-order valence-corrected chi connectivity index (χ3v) is 4.69. The van der Waals surface area contributed by atoms with E-state index < -0.39 is 51.0 Å². The first-order chi connectivity index (χ1) is 9.71. The predicted molar refractivity (Wildman–Crippen MR) is 70.9 cm³/mol. The van der Waals surface area contributed by atoms with Gasteiger partial charge in [0.05, 0.1) is 29.2 Å². The summed E-state index contributed by atoms with van der Waals surface area (Å²) >= 11 is 0. The van der Waals surface area contributed by atoms with Gasteiger partial charge in [-0.15, -0.1) is 0 Å². The van der Waals surface area contributed by atoms with Crippen LogP contribution in [0, 0.1) is 5.82 Å². The largest absolute Gasteiger partial charge is 0.478 e. The van der Waals surface area contributed by atoms with E-state index in [1.165, 1.54) is 0 Å². The zero-order valence-corrected chi connectivity index (χ0v) is 12.0. The molecule has 1 rings (SSSR count). The van der Waals surface area contributed by atoms with E-state index in [-0.39, 0.29) is 6.42 Å². The summed E-state index contributed by atoms with van der Waals surface area (Å²) in [5, 5.41) is 27.3. The number of aliphatic hydroxyl groups is 2. The summed E-state index contributed by atoms with van der Waals surface area (Å²) in [6, 6.07) is 2.30. The van der Waals surface area contributed by atoms with Crippen LogP contribution in [-0.2, 0) is 10.0 Å². The van der Waals surface area contributed by atoms with Crippen molar-refractivity contribution >= 4 is 16.0 Å². The maximum Gasteiger partial charge on any atom is 0.338 e. The van der Waals surface area contributed by atoms with Crippen LogP contribution in [0.15, 0.2) is 23.1 Å². The van der Waals surface area contributed by atoms with E-state index in [2.05, 4.69) is 4.72 Å². The Labute approximate surface area is 121 Å². The summed E-state index contributed by atoms with van der Waals surface area (Å²) in [5.74, 6) is -2.66. The fourth-order valence-electron chi connectivity index (χ4n) is 1.59. The fourth-order valence-corrected chi connectivity index (χ4v) is 3.07. The number of carboxylic acids is 1. The van der Waals surface area contributed by atoms with Gasteiger partial charge in [-0.3, -0.25) is 0 Å². The molecule has 0 atom stereocenters. The van der Waals surface area contributed by atoms with Crippen molar-refractivity contribution in [3.05, 3.63) is 29.6 Å². The Morgan fingerprint density at radius 1 is 1.33 bits per heavy atom. The number of carboxylic acid groups (broad SMARTS) is 1. The van der Waals surface area contributed by atoms with E-state index >= 15 is 0 Å². The molecule has 0 aromatic heterocycles. The lowest BCUT2D eigenvalue weighted by molar-refractivity contribution is 0.0691. The summed E-state index contributed by atoms with van der Waals surface area (Å²) < 4.78 is 39.7. The van der Waals surface area contributed by atoms with Crippen LogP contribution >= 0.6 is 0 Å². The highest BCUT2D eigenvalue weighted by molar-refractivity contribution is 7.89. The second-order valence-corrected chi connectivity index (χ2v) is 6.18. The lowest BCUT2D eigenvalue weighted by Gasteiger charge is -2.29. The maximum atomic E-state index is 13.3. The molecule has 0 saturated carbocycles. The molecule has 0 saturated heterocycles. The topological polar surface area (TPSA) is 124 Å². The van der Waals surface area contributed by atoms with Crippen LogP contribution in [0.1, 0.15) is 23.7 Å². The molecular formula is C12H16FNO6S. The van der Waals surface area contributed by atoms with Gasteiger partial charge in [-0.1, -0.05) is 6.92 Å². The number of halogens is 1. The average molecular weight is 321 g/mol. The van der Waals surface area contributed by atoms with Crippen molar-refractivity contribution in [2.75, 3.05) is 13.2 Å². The van der Waals surface area contributed by atoms with Gasteiger partial charge in [-0.2, -0.15) is 0 Å². The summed E-state index contributed by atoms with van der Waals surface area (Å²) in [6.45, 7) is 0.265. The number of hydrogen-bond acceptors (Lipinski definition) is 5. The van der Waals surface area contributed by atoms with E-state index in [0.29, 0.717) is 6.07 Å². The Hall–Kier alpha value is -1.55. The second kappa shape index (κ2) is 6.48. The van der Waals surface area contributed by atoms with Crippen LogP contribution in [-0.4, -0.2) is 48.5 Å². The molecule has 0 amide bonds. The molecule has 21 heavy (non-hydrogen) atoms. The Balaban J connectivity index is 3.26. The van der Waals surface area contributed by atoms with E-state index in [9.17, 15) is 27.8 Å². The van der Waals surface area contributed by atoms with Gasteiger partial charge in [0.2, 0.25) is 10.0 Å². The minimum atomic E-state index is -4.23. The van der Waals surface area contributed by atoms with Crippen molar-refractivity contribution in [3.8, 4) is 0 Å². The van der Waals surface area contributed by atoms with Gasteiger partial charge >= 0.3 is 5.97 Å². The third kappa shape index (κ3) is 3.76. The van der Waals surface area contributed by atoms with Crippen LogP contribution in [0.25, 0.3) is 0 Å². The van der Waals surface area contributed by atoms with Gasteiger partial charge < -0.3 is 15.3 Å². The zero-order chi connectivity index (χ0) is 16.3. The molecule has 9 heteroatoms. The number of nitrogens with one attached hydrogen (secondary N) is 1. The molecule has 0 unspecified atom stereocenters. The Morgan fingerprint density at radius 2 is 1.90 bits per heavy atom. The molecule has 0 heterocycles. The summed E-state index contributed by atoms with van der Waals surface area (Å²) in [7, 11) is -4.23. The van der Waals surface area contributed by atoms with Crippen LogP contribution in [0.5, 0.6) is 0 Å². The molecule has 7 nitrogen and oxygen atoms in total. The first kappa shape index (κ1) is 17.5. The monoisotopic (exact) mass is 321 g/mol. The Bertz CT molecular complexity index is 618. The van der Waals surface area contributed by atoms with Crippen molar-refractivity contribution < 1.29 is 32.9 Å². The number of aromatic carboxylic acids is 1. The average Bonchev–Trinajstić information content (AvgIpc) is 2.44. The first-order valence-corrected chi connectivity index (χ1v) is 7.48. The van der Waals surface area contributed by atoms with E-state index in [0.717, 1.165) is 12.1 Å². The molecule has 0 aliphatic rings.